The van der Waals surface area contributed by atoms with Crippen LogP contribution < -0.4 is 10.6 Å². The Balaban J connectivity index is 1.90. The standard InChI is InChI=1S/C13H17N3O2/c1-2-18-13(17)16-11-7-5-10(6-8-11)15-12-4-3-9-14-12/h5-8H,2-4,9H2,1H3,(H,14,15)(H,16,17). The molecular formula is C13H17N3O2. The molecule has 0 atom stereocenters. The molecule has 0 unspecified atom stereocenters. The number of nitrogens with one attached hydrogen (secondary N) is 2. The molecule has 0 aromatic heterocycles. The molecule has 1 aliphatic rings. The second kappa shape index (κ2) is 6.05. The molecule has 0 saturated heterocycles. The molecule has 1 aromatic carbocycles. The van der Waals surface area contributed by atoms with E-state index in [0.29, 0.717) is 12.3 Å². The number of benzene rings is 1. The summed E-state index contributed by atoms with van der Waals surface area (Å²) in [6.07, 6.45) is 1.69. The number of aliphatic imine (C=N–C) groups is 1. The zero-order valence-corrected chi connectivity index (χ0v) is 10.4. The van der Waals surface area contributed by atoms with Crippen molar-refractivity contribution < 1.29 is 9.53 Å². The van der Waals surface area contributed by atoms with Crippen molar-refractivity contribution in [3.8, 4) is 0 Å². The molecule has 1 aliphatic heterocycles. The van der Waals surface area contributed by atoms with Crippen LogP contribution in [0.4, 0.5) is 16.2 Å². The van der Waals surface area contributed by atoms with Crippen molar-refractivity contribution in [2.24, 2.45) is 4.99 Å². The van der Waals surface area contributed by atoms with Gasteiger partial charge in [0.15, 0.2) is 0 Å². The van der Waals surface area contributed by atoms with Crippen molar-refractivity contribution in [2.45, 2.75) is 19.8 Å². The molecule has 96 valence electrons. The Morgan fingerprint density at radius 2 is 2.06 bits per heavy atom. The van der Waals surface area contributed by atoms with Crippen molar-refractivity contribution >= 4 is 23.3 Å². The van der Waals surface area contributed by atoms with Crippen LogP contribution in [-0.2, 0) is 4.74 Å². The van der Waals surface area contributed by atoms with Crippen molar-refractivity contribution in [1.82, 2.24) is 0 Å². The molecule has 0 radical (unpaired) electrons. The van der Waals surface area contributed by atoms with Gasteiger partial charge in [-0.2, -0.15) is 0 Å². The summed E-state index contributed by atoms with van der Waals surface area (Å²) in [4.78, 5) is 15.5. The van der Waals surface area contributed by atoms with Gasteiger partial charge >= 0.3 is 6.09 Å². The Morgan fingerprint density at radius 1 is 1.33 bits per heavy atom. The number of carbonyl (C=O) groups excluding carboxylic acids is 1. The molecule has 1 amide bonds. The number of carbonyl (C=O) groups is 1. The first-order valence-electron chi connectivity index (χ1n) is 6.12. The quantitative estimate of drug-likeness (QED) is 0.863. The molecule has 2 N–H and O–H groups in total. The predicted octanol–water partition coefficient (Wildman–Crippen LogP) is 2.86. The molecule has 0 bridgehead atoms. The summed E-state index contributed by atoms with van der Waals surface area (Å²) in [6.45, 7) is 3.05. The lowest BCUT2D eigenvalue weighted by molar-refractivity contribution is 0.168. The maximum Gasteiger partial charge on any atom is 0.411 e. The fraction of sp³-hybridized carbons (Fsp3) is 0.385. The summed E-state index contributed by atoms with van der Waals surface area (Å²) < 4.78 is 4.80. The fourth-order valence-corrected chi connectivity index (χ4v) is 1.73. The van der Waals surface area contributed by atoms with Gasteiger partial charge in [-0.05, 0) is 37.6 Å². The number of hydrogen-bond donors (Lipinski definition) is 2. The van der Waals surface area contributed by atoms with Gasteiger partial charge in [-0.3, -0.25) is 10.3 Å². The third kappa shape index (κ3) is 3.48. The van der Waals surface area contributed by atoms with Crippen LogP contribution in [0.15, 0.2) is 29.3 Å². The normalized spacial score (nSPS) is 13.9. The van der Waals surface area contributed by atoms with Crippen molar-refractivity contribution in [3.05, 3.63) is 24.3 Å². The van der Waals surface area contributed by atoms with E-state index in [0.717, 1.165) is 30.9 Å². The summed E-state index contributed by atoms with van der Waals surface area (Å²) >= 11 is 0. The second-order valence-corrected chi connectivity index (χ2v) is 3.98. The summed E-state index contributed by atoms with van der Waals surface area (Å²) in [6, 6.07) is 7.47. The average molecular weight is 247 g/mol. The lowest BCUT2D eigenvalue weighted by Gasteiger charge is -2.08. The highest BCUT2D eigenvalue weighted by Gasteiger charge is 2.06. The van der Waals surface area contributed by atoms with Gasteiger partial charge in [-0.15, -0.1) is 0 Å². The number of amides is 1. The van der Waals surface area contributed by atoms with Crippen LogP contribution in [0.2, 0.25) is 0 Å². The van der Waals surface area contributed by atoms with Crippen molar-refractivity contribution in [3.63, 3.8) is 0 Å². The Kier molecular flexibility index (Phi) is 4.17. The van der Waals surface area contributed by atoms with Crippen LogP contribution in [0.1, 0.15) is 19.8 Å². The van der Waals surface area contributed by atoms with Gasteiger partial charge in [0.05, 0.1) is 6.61 Å². The topological polar surface area (TPSA) is 62.7 Å². The molecule has 0 fully saturated rings. The molecule has 2 rings (SSSR count). The van der Waals surface area contributed by atoms with Gasteiger partial charge in [-0.1, -0.05) is 0 Å². The van der Waals surface area contributed by atoms with E-state index in [-0.39, 0.29) is 0 Å². The average Bonchev–Trinajstić information content (AvgIpc) is 2.85. The van der Waals surface area contributed by atoms with Gasteiger partial charge in [0.1, 0.15) is 5.84 Å². The zero-order chi connectivity index (χ0) is 12.8. The molecule has 1 heterocycles. The molecule has 1 aromatic rings. The molecule has 0 saturated carbocycles. The van der Waals surface area contributed by atoms with Crippen LogP contribution in [0, 0.1) is 0 Å². The number of rotatable bonds is 3. The Bertz CT molecular complexity index is 440. The van der Waals surface area contributed by atoms with Crippen molar-refractivity contribution in [2.75, 3.05) is 23.8 Å². The van der Waals surface area contributed by atoms with Gasteiger partial charge < -0.3 is 10.1 Å². The third-order valence-corrected chi connectivity index (χ3v) is 2.57. The van der Waals surface area contributed by atoms with Crippen molar-refractivity contribution in [1.29, 1.82) is 0 Å². The van der Waals surface area contributed by atoms with E-state index >= 15 is 0 Å². The van der Waals surface area contributed by atoms with E-state index < -0.39 is 6.09 Å². The summed E-state index contributed by atoms with van der Waals surface area (Å²) in [5.74, 6) is 1.03. The highest BCUT2D eigenvalue weighted by atomic mass is 16.5. The second-order valence-electron chi connectivity index (χ2n) is 3.98. The SMILES string of the molecule is CCOC(=O)Nc1ccc(NC2=NCCC2)cc1. The van der Waals surface area contributed by atoms with Crippen LogP contribution >= 0.6 is 0 Å². The number of ether oxygens (including phenoxy) is 1. The number of nitrogens with zero attached hydrogens (tertiary/aromatic N) is 1. The highest BCUT2D eigenvalue weighted by Crippen LogP contribution is 2.15. The number of hydrogen-bond acceptors (Lipinski definition) is 4. The van der Waals surface area contributed by atoms with Gasteiger partial charge in [0.2, 0.25) is 0 Å². The molecule has 5 nitrogen and oxygen atoms in total. The lowest BCUT2D eigenvalue weighted by Crippen LogP contribution is -2.13. The minimum Gasteiger partial charge on any atom is -0.450 e. The minimum atomic E-state index is -0.432. The van der Waals surface area contributed by atoms with Gasteiger partial charge in [0.25, 0.3) is 0 Å². The van der Waals surface area contributed by atoms with Gasteiger partial charge in [0, 0.05) is 24.3 Å². The largest absolute Gasteiger partial charge is 0.450 e. The zero-order valence-electron chi connectivity index (χ0n) is 10.4. The third-order valence-electron chi connectivity index (χ3n) is 2.57. The summed E-state index contributed by atoms with van der Waals surface area (Å²) in [5, 5.41) is 5.90. The predicted molar refractivity (Wildman–Crippen MR) is 72.2 cm³/mol. The smallest absolute Gasteiger partial charge is 0.411 e. The van der Waals surface area contributed by atoms with Crippen LogP contribution in [0.25, 0.3) is 0 Å². The van der Waals surface area contributed by atoms with Crippen LogP contribution in [-0.4, -0.2) is 25.1 Å². The van der Waals surface area contributed by atoms with Crippen LogP contribution in [0.3, 0.4) is 0 Å². The maximum absolute atomic E-state index is 11.2. The highest BCUT2D eigenvalue weighted by molar-refractivity contribution is 5.96. The lowest BCUT2D eigenvalue weighted by atomic mass is 10.2. The van der Waals surface area contributed by atoms with E-state index in [2.05, 4.69) is 15.6 Å². The van der Waals surface area contributed by atoms with E-state index in [4.69, 9.17) is 4.74 Å². The van der Waals surface area contributed by atoms with E-state index in [1.807, 2.05) is 24.3 Å². The maximum atomic E-state index is 11.2. The first-order valence-corrected chi connectivity index (χ1v) is 6.12. The van der Waals surface area contributed by atoms with E-state index in [1.54, 1.807) is 6.92 Å². The molecule has 0 spiro atoms. The van der Waals surface area contributed by atoms with E-state index in [9.17, 15) is 4.79 Å². The fourth-order valence-electron chi connectivity index (χ4n) is 1.73. The minimum absolute atomic E-state index is 0.366. The van der Waals surface area contributed by atoms with Gasteiger partial charge in [-0.25, -0.2) is 4.79 Å². The summed E-state index contributed by atoms with van der Waals surface area (Å²) in [7, 11) is 0. The van der Waals surface area contributed by atoms with Crippen LogP contribution in [0.5, 0.6) is 0 Å². The summed E-state index contributed by atoms with van der Waals surface area (Å²) in [5.41, 5.74) is 1.69. The molecule has 5 heteroatoms. The molecular weight excluding hydrogens is 230 g/mol. The number of amidine groups is 1. The first kappa shape index (κ1) is 12.4. The van der Waals surface area contributed by atoms with E-state index in [1.165, 1.54) is 0 Å². The Hall–Kier alpha value is -2.04. The Morgan fingerprint density at radius 3 is 2.67 bits per heavy atom. The molecule has 0 aliphatic carbocycles. The molecule has 18 heavy (non-hydrogen) atoms. The monoisotopic (exact) mass is 247 g/mol. The Labute approximate surface area is 106 Å². The number of anilines is 2. The first-order chi connectivity index (χ1) is 8.78.